The highest BCUT2D eigenvalue weighted by Crippen LogP contribution is 2.44. The number of ether oxygens (including phenoxy) is 1. The van der Waals surface area contributed by atoms with Crippen LogP contribution in [0, 0.1) is 11.3 Å². The first-order valence-corrected chi connectivity index (χ1v) is 8.78. The number of amides is 1. The molecule has 1 atom stereocenters. The molecule has 1 N–H and O–H groups in total. The summed E-state index contributed by atoms with van der Waals surface area (Å²) in [5, 5.41) is 19.2. The Morgan fingerprint density at radius 1 is 1.31 bits per heavy atom. The maximum atomic E-state index is 14.3. The molecule has 0 saturated heterocycles. The number of aliphatic hydroxyl groups excluding tert-OH is 1. The SMILES string of the molecule is C[C@H](O)c1cccc2c1OC(F)(F)C(=O)N2Cc1nc2c(C#N)cccc2n1C. The number of hydrogen-bond donors (Lipinski definition) is 1. The van der Waals surface area contributed by atoms with Gasteiger partial charge in [-0.2, -0.15) is 14.0 Å². The van der Waals surface area contributed by atoms with E-state index in [1.165, 1.54) is 19.1 Å². The quantitative estimate of drug-likeness (QED) is 0.732. The number of nitrogens with zero attached hydrogens (tertiary/aromatic N) is 4. The zero-order chi connectivity index (χ0) is 20.9. The fourth-order valence-corrected chi connectivity index (χ4v) is 3.43. The van der Waals surface area contributed by atoms with Crippen molar-refractivity contribution in [2.45, 2.75) is 25.7 Å². The maximum absolute atomic E-state index is 14.3. The molecule has 0 bridgehead atoms. The minimum absolute atomic E-state index is 0.117. The smallest absolute Gasteiger partial charge is 0.423 e. The topological polar surface area (TPSA) is 91.4 Å². The number of carbonyl (C=O) groups is 1. The summed E-state index contributed by atoms with van der Waals surface area (Å²) in [6.07, 6.45) is -5.15. The average molecular weight is 398 g/mol. The van der Waals surface area contributed by atoms with Gasteiger partial charge in [0.2, 0.25) is 0 Å². The molecule has 9 heteroatoms. The number of carbonyl (C=O) groups excluding carboxylic acids is 1. The van der Waals surface area contributed by atoms with Crippen LogP contribution in [0.2, 0.25) is 0 Å². The molecule has 4 rings (SSSR count). The van der Waals surface area contributed by atoms with Crippen LogP contribution in [0.4, 0.5) is 14.5 Å². The van der Waals surface area contributed by atoms with E-state index in [2.05, 4.69) is 9.72 Å². The van der Waals surface area contributed by atoms with Crippen molar-refractivity contribution in [1.29, 1.82) is 5.26 Å². The minimum Gasteiger partial charge on any atom is -0.423 e. The van der Waals surface area contributed by atoms with E-state index >= 15 is 0 Å². The monoisotopic (exact) mass is 398 g/mol. The Morgan fingerprint density at radius 2 is 2.03 bits per heavy atom. The minimum atomic E-state index is -4.08. The predicted molar refractivity (Wildman–Crippen MR) is 99.3 cm³/mol. The lowest BCUT2D eigenvalue weighted by Crippen LogP contribution is -2.51. The second-order valence-electron chi connectivity index (χ2n) is 6.75. The fraction of sp³-hybridized carbons (Fsp3) is 0.250. The molecule has 29 heavy (non-hydrogen) atoms. The summed E-state index contributed by atoms with van der Waals surface area (Å²) in [6.45, 7) is 1.16. The lowest BCUT2D eigenvalue weighted by molar-refractivity contribution is -0.193. The summed E-state index contributed by atoms with van der Waals surface area (Å²) in [5.41, 5.74) is 1.69. The van der Waals surface area contributed by atoms with Gasteiger partial charge in [-0.1, -0.05) is 18.2 Å². The van der Waals surface area contributed by atoms with Crippen molar-refractivity contribution >= 4 is 22.6 Å². The molecule has 0 aliphatic carbocycles. The molecule has 2 heterocycles. The number of aromatic nitrogens is 2. The largest absolute Gasteiger partial charge is 0.483 e. The number of imidazole rings is 1. The van der Waals surface area contributed by atoms with Crippen molar-refractivity contribution < 1.29 is 23.4 Å². The molecule has 7 nitrogen and oxygen atoms in total. The van der Waals surface area contributed by atoms with Gasteiger partial charge in [-0.25, -0.2) is 4.98 Å². The summed E-state index contributed by atoms with van der Waals surface area (Å²) < 4.78 is 35.0. The fourth-order valence-electron chi connectivity index (χ4n) is 3.43. The number of alkyl halides is 2. The molecular weight excluding hydrogens is 382 g/mol. The van der Waals surface area contributed by atoms with Crippen LogP contribution in [-0.2, 0) is 18.4 Å². The number of para-hydroxylation sites is 2. The first kappa shape index (κ1) is 18.8. The molecule has 3 aromatic rings. The molecule has 0 spiro atoms. The maximum Gasteiger partial charge on any atom is 0.483 e. The molecule has 0 unspecified atom stereocenters. The number of benzene rings is 2. The lowest BCUT2D eigenvalue weighted by atomic mass is 10.1. The zero-order valence-corrected chi connectivity index (χ0v) is 15.6. The van der Waals surface area contributed by atoms with Crippen molar-refractivity contribution in [1.82, 2.24) is 9.55 Å². The number of halogens is 2. The van der Waals surface area contributed by atoms with E-state index in [1.54, 1.807) is 35.9 Å². The third kappa shape index (κ3) is 2.89. The van der Waals surface area contributed by atoms with Gasteiger partial charge < -0.3 is 14.4 Å². The van der Waals surface area contributed by atoms with Gasteiger partial charge in [-0.05, 0) is 25.1 Å². The van der Waals surface area contributed by atoms with Crippen LogP contribution < -0.4 is 9.64 Å². The van der Waals surface area contributed by atoms with Crippen LogP contribution in [0.15, 0.2) is 36.4 Å². The molecular formula is C20H16F2N4O3. The van der Waals surface area contributed by atoms with Gasteiger partial charge in [0, 0.05) is 12.6 Å². The van der Waals surface area contributed by atoms with E-state index in [4.69, 9.17) is 0 Å². The van der Waals surface area contributed by atoms with Gasteiger partial charge >= 0.3 is 12.0 Å². The third-order valence-corrected chi connectivity index (χ3v) is 4.91. The van der Waals surface area contributed by atoms with E-state index in [0.29, 0.717) is 22.4 Å². The summed E-state index contributed by atoms with van der Waals surface area (Å²) in [6, 6.07) is 11.6. The van der Waals surface area contributed by atoms with Crippen molar-refractivity contribution in [2.75, 3.05) is 4.90 Å². The van der Waals surface area contributed by atoms with Gasteiger partial charge in [0.05, 0.1) is 29.4 Å². The molecule has 148 valence electrons. The van der Waals surface area contributed by atoms with E-state index in [-0.39, 0.29) is 23.5 Å². The Labute approximate surface area is 164 Å². The van der Waals surface area contributed by atoms with Crippen LogP contribution in [0.1, 0.15) is 30.0 Å². The average Bonchev–Trinajstić information content (AvgIpc) is 3.00. The van der Waals surface area contributed by atoms with Crippen LogP contribution >= 0.6 is 0 Å². The number of hydrogen-bond acceptors (Lipinski definition) is 5. The van der Waals surface area contributed by atoms with Crippen LogP contribution in [-0.4, -0.2) is 26.7 Å². The highest BCUT2D eigenvalue weighted by atomic mass is 19.3. The van der Waals surface area contributed by atoms with Crippen molar-refractivity contribution in [3.63, 3.8) is 0 Å². The summed E-state index contributed by atoms with van der Waals surface area (Å²) in [4.78, 5) is 17.7. The first-order chi connectivity index (χ1) is 13.7. The second kappa shape index (κ2) is 6.53. The second-order valence-corrected chi connectivity index (χ2v) is 6.75. The Kier molecular flexibility index (Phi) is 4.24. The molecule has 1 aliphatic rings. The van der Waals surface area contributed by atoms with E-state index in [1.807, 2.05) is 6.07 Å². The molecule has 0 radical (unpaired) electrons. The molecule has 1 amide bonds. The third-order valence-electron chi connectivity index (χ3n) is 4.91. The highest BCUT2D eigenvalue weighted by Gasteiger charge is 2.51. The Bertz CT molecular complexity index is 1180. The Balaban J connectivity index is 1.85. The highest BCUT2D eigenvalue weighted by molar-refractivity contribution is 6.01. The molecule has 0 fully saturated rings. The summed E-state index contributed by atoms with van der Waals surface area (Å²) >= 11 is 0. The van der Waals surface area contributed by atoms with Crippen molar-refractivity contribution in [3.05, 3.63) is 53.3 Å². The Morgan fingerprint density at radius 3 is 2.72 bits per heavy atom. The molecule has 1 aromatic heterocycles. The van der Waals surface area contributed by atoms with Gasteiger partial charge in [-0.3, -0.25) is 9.69 Å². The number of anilines is 1. The number of aryl methyl sites for hydroxylation is 1. The van der Waals surface area contributed by atoms with Crippen LogP contribution in [0.25, 0.3) is 11.0 Å². The van der Waals surface area contributed by atoms with E-state index in [9.17, 15) is 23.9 Å². The van der Waals surface area contributed by atoms with E-state index < -0.39 is 18.1 Å². The molecule has 0 saturated carbocycles. The van der Waals surface area contributed by atoms with Gasteiger partial charge in [0.1, 0.15) is 17.4 Å². The van der Waals surface area contributed by atoms with Crippen molar-refractivity contribution in [2.24, 2.45) is 7.05 Å². The van der Waals surface area contributed by atoms with Crippen LogP contribution in [0.5, 0.6) is 5.75 Å². The van der Waals surface area contributed by atoms with Gasteiger partial charge in [0.25, 0.3) is 0 Å². The van der Waals surface area contributed by atoms with Gasteiger partial charge in [0.15, 0.2) is 5.75 Å². The predicted octanol–water partition coefficient (Wildman–Crippen LogP) is 3.02. The van der Waals surface area contributed by atoms with Gasteiger partial charge in [-0.15, -0.1) is 0 Å². The Hall–Kier alpha value is -3.51. The van der Waals surface area contributed by atoms with E-state index in [0.717, 1.165) is 4.90 Å². The zero-order valence-electron chi connectivity index (χ0n) is 15.6. The summed E-state index contributed by atoms with van der Waals surface area (Å²) in [7, 11) is 1.68. The van der Waals surface area contributed by atoms with Crippen molar-refractivity contribution in [3.8, 4) is 11.8 Å². The molecule has 1 aliphatic heterocycles. The number of aliphatic hydroxyl groups is 1. The van der Waals surface area contributed by atoms with Crippen LogP contribution in [0.3, 0.4) is 0 Å². The number of nitriles is 1. The number of rotatable bonds is 3. The standard InChI is InChI=1S/C20H16F2N4O3/c1-11(27)13-6-4-8-15-18(13)29-20(21,22)19(28)26(15)10-16-24-17-12(9-23)5-3-7-14(17)25(16)2/h3-8,11,27H,10H2,1-2H3/t11-/m0/s1. The molecule has 2 aromatic carbocycles. The normalized spacial score (nSPS) is 16.3. The summed E-state index contributed by atoms with van der Waals surface area (Å²) in [5.74, 6) is -1.45. The number of fused-ring (bicyclic) bond motifs is 2. The lowest BCUT2D eigenvalue weighted by Gasteiger charge is -2.34. The first-order valence-electron chi connectivity index (χ1n) is 8.78.